The molecule has 0 spiro atoms. The maximum absolute atomic E-state index is 12.2. The molecule has 1 aromatic rings. The Morgan fingerprint density at radius 1 is 1.42 bits per heavy atom. The second-order valence-electron chi connectivity index (χ2n) is 4.72. The number of nitrogens with zero attached hydrogens (tertiary/aromatic N) is 2. The molecule has 1 aliphatic carbocycles. The molecule has 0 saturated heterocycles. The van der Waals surface area contributed by atoms with E-state index in [1.807, 2.05) is 25.2 Å². The van der Waals surface area contributed by atoms with Crippen molar-refractivity contribution in [3.05, 3.63) is 30.1 Å². The normalized spacial score (nSPS) is 21.2. The molecule has 0 aromatic carbocycles. The third-order valence-electron chi connectivity index (χ3n) is 3.39. The molecule has 1 saturated carbocycles. The Balaban J connectivity index is 0.00000162. The van der Waals surface area contributed by atoms with Crippen LogP contribution in [0.3, 0.4) is 0 Å². The van der Waals surface area contributed by atoms with Gasteiger partial charge in [-0.1, -0.05) is 12.5 Å². The van der Waals surface area contributed by atoms with E-state index >= 15 is 0 Å². The third-order valence-corrected chi connectivity index (χ3v) is 3.39. The number of carbonyl (C=O) groups is 1. The highest BCUT2D eigenvalue weighted by molar-refractivity contribution is 5.85. The zero-order chi connectivity index (χ0) is 12.3. The monoisotopic (exact) mass is 305 g/mol. The van der Waals surface area contributed by atoms with Gasteiger partial charge in [-0.15, -0.1) is 24.8 Å². The molecule has 6 heteroatoms. The van der Waals surface area contributed by atoms with Gasteiger partial charge in [-0.2, -0.15) is 0 Å². The van der Waals surface area contributed by atoms with E-state index in [4.69, 9.17) is 5.73 Å². The van der Waals surface area contributed by atoms with Gasteiger partial charge in [0.1, 0.15) is 0 Å². The number of amides is 1. The summed E-state index contributed by atoms with van der Waals surface area (Å²) in [6.45, 7) is 0.558. The number of carbonyl (C=O) groups excluding carboxylic acids is 1. The van der Waals surface area contributed by atoms with Crippen LogP contribution < -0.4 is 5.73 Å². The van der Waals surface area contributed by atoms with Crippen molar-refractivity contribution in [3.8, 4) is 0 Å². The molecular weight excluding hydrogens is 285 g/mol. The molecule has 4 nitrogen and oxygen atoms in total. The fourth-order valence-corrected chi connectivity index (χ4v) is 2.39. The summed E-state index contributed by atoms with van der Waals surface area (Å²) in [4.78, 5) is 18.1. The number of rotatable bonds is 3. The highest BCUT2D eigenvalue weighted by Crippen LogP contribution is 2.25. The summed E-state index contributed by atoms with van der Waals surface area (Å²) < 4.78 is 0. The predicted octanol–water partition coefficient (Wildman–Crippen LogP) is 2.01. The predicted molar refractivity (Wildman–Crippen MR) is 80.5 cm³/mol. The van der Waals surface area contributed by atoms with Crippen LogP contribution in [0.25, 0.3) is 0 Å². The minimum absolute atomic E-state index is 0. The fourth-order valence-electron chi connectivity index (χ4n) is 2.39. The molecule has 2 atom stereocenters. The number of hydrogen-bond donors (Lipinski definition) is 1. The van der Waals surface area contributed by atoms with Gasteiger partial charge >= 0.3 is 0 Å². The molecule has 19 heavy (non-hydrogen) atoms. The second kappa shape index (κ2) is 8.35. The lowest BCUT2D eigenvalue weighted by Crippen LogP contribution is -2.39. The van der Waals surface area contributed by atoms with Crippen molar-refractivity contribution in [1.82, 2.24) is 9.88 Å². The van der Waals surface area contributed by atoms with Crippen molar-refractivity contribution in [3.63, 3.8) is 0 Å². The first-order valence-electron chi connectivity index (χ1n) is 6.09. The van der Waals surface area contributed by atoms with Crippen molar-refractivity contribution in [1.29, 1.82) is 0 Å². The molecule has 2 unspecified atom stereocenters. The van der Waals surface area contributed by atoms with Crippen LogP contribution in [0.2, 0.25) is 0 Å². The minimum Gasteiger partial charge on any atom is -0.340 e. The van der Waals surface area contributed by atoms with Crippen LogP contribution in [0, 0.1) is 5.92 Å². The number of aromatic nitrogens is 1. The molecule has 0 radical (unpaired) electrons. The molecule has 1 aromatic heterocycles. The maximum atomic E-state index is 12.2. The molecule has 2 rings (SSSR count). The van der Waals surface area contributed by atoms with Gasteiger partial charge in [0.05, 0.1) is 18.2 Å². The molecule has 1 amide bonds. The zero-order valence-corrected chi connectivity index (χ0v) is 12.6. The summed E-state index contributed by atoms with van der Waals surface area (Å²) in [5.74, 6) is 0.157. The van der Waals surface area contributed by atoms with Gasteiger partial charge in [0.2, 0.25) is 5.91 Å². The SMILES string of the molecule is CN(Cc1ccccn1)C(=O)C1CCCC1N.Cl.Cl. The lowest BCUT2D eigenvalue weighted by Gasteiger charge is -2.23. The van der Waals surface area contributed by atoms with Crippen molar-refractivity contribution in [2.24, 2.45) is 11.7 Å². The number of pyridine rings is 1. The van der Waals surface area contributed by atoms with Crippen molar-refractivity contribution in [2.45, 2.75) is 31.8 Å². The average molecular weight is 306 g/mol. The summed E-state index contributed by atoms with van der Waals surface area (Å²) >= 11 is 0. The van der Waals surface area contributed by atoms with Crippen LogP contribution in [0.5, 0.6) is 0 Å². The van der Waals surface area contributed by atoms with E-state index in [9.17, 15) is 4.79 Å². The first-order valence-corrected chi connectivity index (χ1v) is 6.09. The lowest BCUT2D eigenvalue weighted by molar-refractivity contribution is -0.134. The number of hydrogen-bond acceptors (Lipinski definition) is 3. The van der Waals surface area contributed by atoms with E-state index in [1.54, 1.807) is 11.1 Å². The van der Waals surface area contributed by atoms with Gasteiger partial charge < -0.3 is 10.6 Å². The minimum atomic E-state index is 0. The van der Waals surface area contributed by atoms with E-state index in [-0.39, 0.29) is 42.7 Å². The van der Waals surface area contributed by atoms with Crippen LogP contribution in [0.4, 0.5) is 0 Å². The van der Waals surface area contributed by atoms with Gasteiger partial charge in [0.25, 0.3) is 0 Å². The summed E-state index contributed by atoms with van der Waals surface area (Å²) in [5.41, 5.74) is 6.86. The summed E-state index contributed by atoms with van der Waals surface area (Å²) in [6, 6.07) is 5.77. The van der Waals surface area contributed by atoms with Gasteiger partial charge in [-0.05, 0) is 25.0 Å². The van der Waals surface area contributed by atoms with E-state index < -0.39 is 0 Å². The summed E-state index contributed by atoms with van der Waals surface area (Å²) in [6.07, 6.45) is 4.70. The Labute approximate surface area is 126 Å². The Kier molecular flexibility index (Phi) is 7.99. The van der Waals surface area contributed by atoms with Crippen LogP contribution in [-0.2, 0) is 11.3 Å². The number of halogens is 2. The zero-order valence-electron chi connectivity index (χ0n) is 11.0. The largest absolute Gasteiger partial charge is 0.340 e. The Morgan fingerprint density at radius 2 is 2.16 bits per heavy atom. The van der Waals surface area contributed by atoms with E-state index in [0.717, 1.165) is 25.0 Å². The average Bonchev–Trinajstić information content (AvgIpc) is 2.76. The Bertz CT molecular complexity index is 389. The molecule has 1 heterocycles. The number of nitrogens with two attached hydrogens (primary N) is 1. The topological polar surface area (TPSA) is 59.2 Å². The second-order valence-corrected chi connectivity index (χ2v) is 4.72. The van der Waals surface area contributed by atoms with Crippen molar-refractivity contribution in [2.75, 3.05) is 7.05 Å². The molecule has 2 N–H and O–H groups in total. The van der Waals surface area contributed by atoms with Crippen LogP contribution >= 0.6 is 24.8 Å². The van der Waals surface area contributed by atoms with Gasteiger partial charge in [-0.25, -0.2) is 0 Å². The van der Waals surface area contributed by atoms with Crippen LogP contribution in [-0.4, -0.2) is 28.9 Å². The lowest BCUT2D eigenvalue weighted by atomic mass is 10.0. The molecule has 0 aliphatic heterocycles. The van der Waals surface area contributed by atoms with Gasteiger partial charge in [0, 0.05) is 19.3 Å². The van der Waals surface area contributed by atoms with Gasteiger partial charge in [0.15, 0.2) is 0 Å². The van der Waals surface area contributed by atoms with E-state index in [0.29, 0.717) is 6.54 Å². The molecule has 0 bridgehead atoms. The Hall–Kier alpha value is -0.840. The van der Waals surface area contributed by atoms with Gasteiger partial charge in [-0.3, -0.25) is 9.78 Å². The van der Waals surface area contributed by atoms with Crippen molar-refractivity contribution < 1.29 is 4.79 Å². The first-order chi connectivity index (χ1) is 8.18. The van der Waals surface area contributed by atoms with E-state index in [2.05, 4.69) is 4.98 Å². The summed E-state index contributed by atoms with van der Waals surface area (Å²) in [7, 11) is 1.82. The van der Waals surface area contributed by atoms with Crippen LogP contribution in [0.15, 0.2) is 24.4 Å². The first kappa shape index (κ1) is 18.2. The van der Waals surface area contributed by atoms with Crippen LogP contribution in [0.1, 0.15) is 25.0 Å². The smallest absolute Gasteiger partial charge is 0.227 e. The fraction of sp³-hybridized carbons (Fsp3) is 0.538. The molecular formula is C13H21Cl2N3O. The maximum Gasteiger partial charge on any atom is 0.227 e. The molecule has 1 aliphatic rings. The summed E-state index contributed by atoms with van der Waals surface area (Å²) in [5, 5.41) is 0. The quantitative estimate of drug-likeness (QED) is 0.929. The third kappa shape index (κ3) is 4.64. The standard InChI is InChI=1S/C13H19N3O.2ClH/c1-16(9-10-5-2-3-8-15-10)13(17)11-6-4-7-12(11)14;;/h2-3,5,8,11-12H,4,6-7,9,14H2,1H3;2*1H. The van der Waals surface area contributed by atoms with Crippen molar-refractivity contribution >= 4 is 30.7 Å². The Morgan fingerprint density at radius 3 is 2.68 bits per heavy atom. The molecule has 108 valence electrons. The highest BCUT2D eigenvalue weighted by atomic mass is 35.5. The highest BCUT2D eigenvalue weighted by Gasteiger charge is 2.32. The molecule has 1 fully saturated rings. The van der Waals surface area contributed by atoms with E-state index in [1.165, 1.54) is 0 Å².